The van der Waals surface area contributed by atoms with Gasteiger partial charge in [0.05, 0.1) is 6.61 Å². The van der Waals surface area contributed by atoms with Crippen LogP contribution in [0.3, 0.4) is 0 Å². The SMILES string of the molecule is CCOc1cc(CN2CCN[C@H](C)C2)ccc1OCC(F)(F)F.Cl. The maximum absolute atomic E-state index is 12.3. The van der Waals surface area contributed by atoms with Gasteiger partial charge in [-0.25, -0.2) is 0 Å². The van der Waals surface area contributed by atoms with E-state index in [1.165, 1.54) is 0 Å². The number of benzene rings is 1. The number of ether oxygens (including phenoxy) is 2. The van der Waals surface area contributed by atoms with E-state index < -0.39 is 12.8 Å². The molecule has 1 aromatic carbocycles. The molecule has 1 aromatic rings. The molecule has 24 heavy (non-hydrogen) atoms. The van der Waals surface area contributed by atoms with Gasteiger partial charge in [0.1, 0.15) is 0 Å². The summed E-state index contributed by atoms with van der Waals surface area (Å²) in [7, 11) is 0. The molecule has 1 aliphatic rings. The Hall–Kier alpha value is -1.18. The Labute approximate surface area is 146 Å². The number of halogens is 4. The molecule has 0 radical (unpaired) electrons. The lowest BCUT2D eigenvalue weighted by molar-refractivity contribution is -0.153. The Bertz CT molecular complexity index is 515. The summed E-state index contributed by atoms with van der Waals surface area (Å²) < 4.78 is 47.2. The average molecular weight is 369 g/mol. The highest BCUT2D eigenvalue weighted by Gasteiger charge is 2.29. The van der Waals surface area contributed by atoms with Crippen LogP contribution in [0.2, 0.25) is 0 Å². The molecule has 1 atom stereocenters. The van der Waals surface area contributed by atoms with Crippen LogP contribution in [0.4, 0.5) is 13.2 Å². The Morgan fingerprint density at radius 2 is 2.00 bits per heavy atom. The van der Waals surface area contributed by atoms with Gasteiger partial charge < -0.3 is 14.8 Å². The van der Waals surface area contributed by atoms with E-state index >= 15 is 0 Å². The van der Waals surface area contributed by atoms with E-state index in [4.69, 9.17) is 9.47 Å². The molecule has 138 valence electrons. The molecule has 2 rings (SSSR count). The molecule has 0 aliphatic carbocycles. The van der Waals surface area contributed by atoms with Crippen molar-refractivity contribution >= 4 is 12.4 Å². The first-order valence-corrected chi connectivity index (χ1v) is 7.78. The molecule has 1 aliphatic heterocycles. The number of nitrogens with one attached hydrogen (secondary N) is 1. The lowest BCUT2D eigenvalue weighted by Crippen LogP contribution is -2.48. The van der Waals surface area contributed by atoms with E-state index in [2.05, 4.69) is 17.1 Å². The smallest absolute Gasteiger partial charge is 0.422 e. The molecule has 4 nitrogen and oxygen atoms in total. The second-order valence-corrected chi connectivity index (χ2v) is 5.71. The van der Waals surface area contributed by atoms with Gasteiger partial charge in [0, 0.05) is 32.2 Å². The Morgan fingerprint density at radius 3 is 2.62 bits per heavy atom. The average Bonchev–Trinajstić information content (AvgIpc) is 2.46. The maximum atomic E-state index is 12.3. The first-order chi connectivity index (χ1) is 10.9. The quantitative estimate of drug-likeness (QED) is 0.835. The van der Waals surface area contributed by atoms with Crippen molar-refractivity contribution in [3.63, 3.8) is 0 Å². The standard InChI is InChI=1S/C16H23F3N2O2.ClH/c1-3-22-15-8-13(10-21-7-6-20-12(2)9-21)4-5-14(15)23-11-16(17,18)19;/h4-5,8,12,20H,3,6-7,9-11H2,1-2H3;1H/t12-;/m1./s1. The first-order valence-electron chi connectivity index (χ1n) is 7.78. The third kappa shape index (κ3) is 6.75. The summed E-state index contributed by atoms with van der Waals surface area (Å²) in [4.78, 5) is 2.31. The van der Waals surface area contributed by atoms with E-state index in [1.54, 1.807) is 25.1 Å². The summed E-state index contributed by atoms with van der Waals surface area (Å²) in [5, 5.41) is 3.38. The summed E-state index contributed by atoms with van der Waals surface area (Å²) in [5.41, 5.74) is 1.00. The van der Waals surface area contributed by atoms with Crippen molar-refractivity contribution < 1.29 is 22.6 Å². The van der Waals surface area contributed by atoms with Gasteiger partial charge in [-0.1, -0.05) is 6.07 Å². The Kier molecular flexibility index (Phi) is 8.12. The fraction of sp³-hybridized carbons (Fsp3) is 0.625. The highest BCUT2D eigenvalue weighted by atomic mass is 35.5. The van der Waals surface area contributed by atoms with Crippen LogP contribution in [0.1, 0.15) is 19.4 Å². The zero-order chi connectivity index (χ0) is 16.9. The summed E-state index contributed by atoms with van der Waals surface area (Å²) in [5.74, 6) is 0.485. The number of piperazine rings is 1. The van der Waals surface area contributed by atoms with Gasteiger partial charge in [-0.15, -0.1) is 12.4 Å². The number of rotatable bonds is 6. The van der Waals surface area contributed by atoms with Gasteiger partial charge in [0.2, 0.25) is 0 Å². The lowest BCUT2D eigenvalue weighted by Gasteiger charge is -2.31. The molecule has 1 fully saturated rings. The van der Waals surface area contributed by atoms with Crippen LogP contribution in [0, 0.1) is 0 Å². The zero-order valence-electron chi connectivity index (χ0n) is 13.9. The van der Waals surface area contributed by atoms with E-state index in [0.717, 1.165) is 31.7 Å². The monoisotopic (exact) mass is 368 g/mol. The second-order valence-electron chi connectivity index (χ2n) is 5.71. The van der Waals surface area contributed by atoms with Crippen molar-refractivity contribution in [2.75, 3.05) is 32.8 Å². The largest absolute Gasteiger partial charge is 0.490 e. The molecule has 1 N–H and O–H groups in total. The van der Waals surface area contributed by atoms with Crippen molar-refractivity contribution in [3.8, 4) is 11.5 Å². The summed E-state index contributed by atoms with van der Waals surface area (Å²) in [6.45, 7) is 6.54. The summed E-state index contributed by atoms with van der Waals surface area (Å²) in [6.07, 6.45) is -4.36. The van der Waals surface area contributed by atoms with Crippen LogP contribution >= 0.6 is 12.4 Å². The van der Waals surface area contributed by atoms with Crippen molar-refractivity contribution in [1.82, 2.24) is 10.2 Å². The van der Waals surface area contributed by atoms with Gasteiger partial charge in [0.15, 0.2) is 18.1 Å². The molecule has 8 heteroatoms. The predicted octanol–water partition coefficient (Wildman–Crippen LogP) is 3.24. The van der Waals surface area contributed by atoms with Crippen LogP contribution < -0.4 is 14.8 Å². The van der Waals surface area contributed by atoms with Gasteiger partial charge in [0.25, 0.3) is 0 Å². The fourth-order valence-electron chi connectivity index (χ4n) is 2.61. The van der Waals surface area contributed by atoms with Crippen LogP contribution in [-0.2, 0) is 6.54 Å². The number of hydrogen-bond acceptors (Lipinski definition) is 4. The molecule has 1 saturated heterocycles. The summed E-state index contributed by atoms with van der Waals surface area (Å²) >= 11 is 0. The fourth-order valence-corrected chi connectivity index (χ4v) is 2.61. The van der Waals surface area contributed by atoms with Crippen LogP contribution in [0.15, 0.2) is 18.2 Å². The van der Waals surface area contributed by atoms with Crippen LogP contribution in [0.25, 0.3) is 0 Å². The second kappa shape index (κ2) is 9.34. The Morgan fingerprint density at radius 1 is 1.25 bits per heavy atom. The zero-order valence-corrected chi connectivity index (χ0v) is 14.7. The molecule has 0 spiro atoms. The van der Waals surface area contributed by atoms with Crippen molar-refractivity contribution in [2.24, 2.45) is 0 Å². The van der Waals surface area contributed by atoms with Crippen molar-refractivity contribution in [3.05, 3.63) is 23.8 Å². The molecule has 0 saturated carbocycles. The molecule has 1 heterocycles. The van der Waals surface area contributed by atoms with Crippen LogP contribution in [0.5, 0.6) is 11.5 Å². The van der Waals surface area contributed by atoms with Crippen LogP contribution in [-0.4, -0.2) is 50.0 Å². The molecule has 0 unspecified atom stereocenters. The highest BCUT2D eigenvalue weighted by molar-refractivity contribution is 5.85. The van der Waals surface area contributed by atoms with Gasteiger partial charge in [-0.3, -0.25) is 4.90 Å². The molecule has 0 aromatic heterocycles. The predicted molar refractivity (Wildman–Crippen MR) is 89.2 cm³/mol. The minimum absolute atomic E-state index is 0. The summed E-state index contributed by atoms with van der Waals surface area (Å²) in [6, 6.07) is 5.55. The number of nitrogens with zero attached hydrogens (tertiary/aromatic N) is 1. The first kappa shape index (κ1) is 20.9. The number of hydrogen-bond donors (Lipinski definition) is 1. The van der Waals surface area contributed by atoms with Gasteiger partial charge in [-0.05, 0) is 31.5 Å². The molecule has 0 bridgehead atoms. The Balaban J connectivity index is 0.00000288. The van der Waals surface area contributed by atoms with Crippen molar-refractivity contribution in [1.29, 1.82) is 0 Å². The topological polar surface area (TPSA) is 33.7 Å². The number of alkyl halides is 3. The third-order valence-electron chi connectivity index (χ3n) is 3.56. The lowest BCUT2D eigenvalue weighted by atomic mass is 10.1. The molecular weight excluding hydrogens is 345 g/mol. The minimum atomic E-state index is -4.36. The minimum Gasteiger partial charge on any atom is -0.490 e. The maximum Gasteiger partial charge on any atom is 0.422 e. The van der Waals surface area contributed by atoms with E-state index in [9.17, 15) is 13.2 Å². The van der Waals surface area contributed by atoms with Crippen molar-refractivity contribution in [2.45, 2.75) is 32.6 Å². The highest BCUT2D eigenvalue weighted by Crippen LogP contribution is 2.30. The molecular formula is C16H24ClF3N2O2. The van der Waals surface area contributed by atoms with Gasteiger partial charge >= 0.3 is 6.18 Å². The van der Waals surface area contributed by atoms with E-state index in [0.29, 0.717) is 18.4 Å². The molecule has 0 amide bonds. The van der Waals surface area contributed by atoms with E-state index in [1.807, 2.05) is 0 Å². The normalized spacial score (nSPS) is 18.8. The van der Waals surface area contributed by atoms with Gasteiger partial charge in [-0.2, -0.15) is 13.2 Å². The van der Waals surface area contributed by atoms with E-state index in [-0.39, 0.29) is 18.2 Å². The third-order valence-corrected chi connectivity index (χ3v) is 3.56.